The van der Waals surface area contributed by atoms with Crippen LogP contribution in [0.15, 0.2) is 57.8 Å². The lowest BCUT2D eigenvalue weighted by molar-refractivity contribution is 0.927. The lowest BCUT2D eigenvalue weighted by atomic mass is 10.1. The van der Waals surface area contributed by atoms with Gasteiger partial charge in [0.05, 0.1) is 27.3 Å². The number of thioether (sulfide) groups is 1. The highest BCUT2D eigenvalue weighted by Crippen LogP contribution is 2.27. The van der Waals surface area contributed by atoms with Crippen molar-refractivity contribution in [1.82, 2.24) is 24.1 Å². The Labute approximate surface area is 181 Å². The molecule has 6 nitrogen and oxygen atoms in total. The van der Waals surface area contributed by atoms with Crippen LogP contribution in [0.4, 0.5) is 0 Å². The number of thiazole rings is 1. The van der Waals surface area contributed by atoms with E-state index in [1.165, 1.54) is 0 Å². The Kier molecular flexibility index (Phi) is 4.67. The SMILES string of the molecule is Cc1ccc(-n2c(=O)c3ccccc3n3c(SCc4csc(C)n4)nnc23)c(C)c1. The van der Waals surface area contributed by atoms with Crippen molar-refractivity contribution in [2.24, 2.45) is 0 Å². The Bertz CT molecular complexity index is 1460. The minimum Gasteiger partial charge on any atom is -0.268 e. The van der Waals surface area contributed by atoms with Crippen LogP contribution in [0.1, 0.15) is 21.8 Å². The van der Waals surface area contributed by atoms with E-state index >= 15 is 0 Å². The maximum atomic E-state index is 13.4. The van der Waals surface area contributed by atoms with Crippen LogP contribution in [-0.2, 0) is 5.75 Å². The second-order valence-corrected chi connectivity index (χ2v) is 9.22. The molecule has 0 unspecified atom stereocenters. The summed E-state index contributed by atoms with van der Waals surface area (Å²) >= 11 is 3.21. The smallest absolute Gasteiger partial charge is 0.267 e. The number of hydrogen-bond donors (Lipinski definition) is 0. The van der Waals surface area contributed by atoms with Crippen LogP contribution < -0.4 is 5.56 Å². The van der Waals surface area contributed by atoms with Crippen LogP contribution in [0.5, 0.6) is 0 Å². The van der Waals surface area contributed by atoms with Crippen molar-refractivity contribution in [3.05, 3.63) is 80.0 Å². The Hall–Kier alpha value is -2.97. The summed E-state index contributed by atoms with van der Waals surface area (Å²) in [5.41, 5.74) is 4.72. The molecule has 3 heterocycles. The molecule has 5 rings (SSSR count). The molecule has 0 spiro atoms. The molecule has 5 aromatic rings. The van der Waals surface area contributed by atoms with E-state index in [-0.39, 0.29) is 5.56 Å². The molecule has 0 saturated heterocycles. The molecular weight excluding hydrogens is 414 g/mol. The minimum atomic E-state index is -0.0934. The lowest BCUT2D eigenvalue weighted by Gasteiger charge is -2.13. The fourth-order valence-electron chi connectivity index (χ4n) is 3.66. The molecule has 0 N–H and O–H groups in total. The highest BCUT2D eigenvalue weighted by molar-refractivity contribution is 7.98. The number of hydrogen-bond acceptors (Lipinski definition) is 6. The zero-order chi connectivity index (χ0) is 20.8. The van der Waals surface area contributed by atoms with Gasteiger partial charge in [-0.25, -0.2) is 9.55 Å². The maximum Gasteiger partial charge on any atom is 0.267 e. The number of nitrogens with zero attached hydrogens (tertiary/aromatic N) is 5. The van der Waals surface area contributed by atoms with Crippen molar-refractivity contribution in [3.8, 4) is 5.69 Å². The quantitative estimate of drug-likeness (QED) is 0.384. The van der Waals surface area contributed by atoms with Crippen molar-refractivity contribution in [2.45, 2.75) is 31.7 Å². The van der Waals surface area contributed by atoms with Crippen molar-refractivity contribution < 1.29 is 0 Å². The van der Waals surface area contributed by atoms with Gasteiger partial charge in [-0.1, -0.05) is 41.6 Å². The van der Waals surface area contributed by atoms with Gasteiger partial charge in [-0.05, 0) is 44.5 Å². The summed E-state index contributed by atoms with van der Waals surface area (Å²) in [6, 6.07) is 13.7. The van der Waals surface area contributed by atoms with Gasteiger partial charge in [0.25, 0.3) is 5.56 Å². The van der Waals surface area contributed by atoms with Crippen molar-refractivity contribution in [2.75, 3.05) is 0 Å². The molecule has 0 saturated carbocycles. The molecule has 3 aromatic heterocycles. The first-order valence-corrected chi connectivity index (χ1v) is 11.4. The molecule has 0 aliphatic heterocycles. The highest BCUT2D eigenvalue weighted by Gasteiger charge is 2.19. The van der Waals surface area contributed by atoms with Crippen LogP contribution in [0.25, 0.3) is 22.4 Å². The number of benzene rings is 2. The molecule has 30 heavy (non-hydrogen) atoms. The highest BCUT2D eigenvalue weighted by atomic mass is 32.2. The summed E-state index contributed by atoms with van der Waals surface area (Å²) in [6.07, 6.45) is 0. The second-order valence-electron chi connectivity index (χ2n) is 7.21. The van der Waals surface area contributed by atoms with Crippen LogP contribution >= 0.6 is 23.1 Å². The maximum absolute atomic E-state index is 13.4. The van der Waals surface area contributed by atoms with Crippen molar-refractivity contribution >= 4 is 39.8 Å². The Balaban J connectivity index is 1.75. The van der Waals surface area contributed by atoms with E-state index in [0.717, 1.165) is 38.2 Å². The average Bonchev–Trinajstić information content (AvgIpc) is 3.34. The standard InChI is InChI=1S/C22H19N5OS2/c1-13-8-9-18(14(2)10-13)26-20(28)17-6-4-5-7-19(17)27-21(26)24-25-22(27)30-12-16-11-29-15(3)23-16/h4-11H,12H2,1-3H3. The molecule has 0 bridgehead atoms. The summed E-state index contributed by atoms with van der Waals surface area (Å²) in [5.74, 6) is 1.21. The Morgan fingerprint density at radius 3 is 2.67 bits per heavy atom. The van der Waals surface area contributed by atoms with Crippen molar-refractivity contribution in [3.63, 3.8) is 0 Å². The first-order chi connectivity index (χ1) is 14.5. The van der Waals surface area contributed by atoms with Gasteiger partial charge in [0, 0.05) is 11.1 Å². The largest absolute Gasteiger partial charge is 0.268 e. The Morgan fingerprint density at radius 2 is 1.90 bits per heavy atom. The van der Waals surface area contributed by atoms with Gasteiger partial charge in [-0.2, -0.15) is 0 Å². The molecule has 0 atom stereocenters. The molecule has 8 heteroatoms. The van der Waals surface area contributed by atoms with Gasteiger partial charge >= 0.3 is 0 Å². The Morgan fingerprint density at radius 1 is 1.07 bits per heavy atom. The van der Waals surface area contributed by atoms with Gasteiger partial charge < -0.3 is 0 Å². The van der Waals surface area contributed by atoms with E-state index in [9.17, 15) is 4.79 Å². The van der Waals surface area contributed by atoms with E-state index in [1.54, 1.807) is 27.7 Å². The molecule has 2 aromatic carbocycles. The fraction of sp³-hybridized carbons (Fsp3) is 0.182. The second kappa shape index (κ2) is 7.37. The number of fused-ring (bicyclic) bond motifs is 3. The van der Waals surface area contributed by atoms with Crippen molar-refractivity contribution in [1.29, 1.82) is 0 Å². The lowest BCUT2D eigenvalue weighted by Crippen LogP contribution is -2.22. The molecule has 0 amide bonds. The summed E-state index contributed by atoms with van der Waals surface area (Å²) < 4.78 is 3.64. The molecule has 0 aliphatic carbocycles. The number of aromatic nitrogens is 5. The van der Waals surface area contributed by atoms with E-state index in [2.05, 4.69) is 26.6 Å². The molecule has 0 aliphatic rings. The third kappa shape index (κ3) is 3.12. The number of para-hydroxylation sites is 1. The summed E-state index contributed by atoms with van der Waals surface area (Å²) in [7, 11) is 0. The predicted octanol–water partition coefficient (Wildman–Crippen LogP) is 4.71. The van der Waals surface area contributed by atoms with E-state index < -0.39 is 0 Å². The third-order valence-electron chi connectivity index (χ3n) is 5.00. The van der Waals surface area contributed by atoms with Gasteiger partial charge in [0.1, 0.15) is 0 Å². The van der Waals surface area contributed by atoms with Crippen LogP contribution in [-0.4, -0.2) is 24.1 Å². The normalized spacial score (nSPS) is 11.6. The van der Waals surface area contributed by atoms with E-state index in [1.807, 2.05) is 61.6 Å². The first-order valence-electron chi connectivity index (χ1n) is 9.53. The molecule has 150 valence electrons. The van der Waals surface area contributed by atoms with E-state index in [0.29, 0.717) is 16.9 Å². The monoisotopic (exact) mass is 433 g/mol. The summed E-state index contributed by atoms with van der Waals surface area (Å²) in [5, 5.41) is 13.3. The number of aryl methyl sites for hydroxylation is 3. The van der Waals surface area contributed by atoms with Crippen LogP contribution in [0, 0.1) is 20.8 Å². The summed E-state index contributed by atoms with van der Waals surface area (Å²) in [6.45, 7) is 6.06. The topological polar surface area (TPSA) is 65.1 Å². The predicted molar refractivity (Wildman–Crippen MR) is 122 cm³/mol. The van der Waals surface area contributed by atoms with Gasteiger partial charge in [0.15, 0.2) is 5.16 Å². The third-order valence-corrected chi connectivity index (χ3v) is 6.79. The molecular formula is C22H19N5OS2. The average molecular weight is 434 g/mol. The summed E-state index contributed by atoms with van der Waals surface area (Å²) in [4.78, 5) is 18.0. The van der Waals surface area contributed by atoms with Gasteiger partial charge in [-0.3, -0.25) is 9.20 Å². The zero-order valence-corrected chi connectivity index (χ0v) is 18.4. The fourth-order valence-corrected chi connectivity index (χ4v) is 5.21. The zero-order valence-electron chi connectivity index (χ0n) is 16.8. The van der Waals surface area contributed by atoms with E-state index in [4.69, 9.17) is 0 Å². The van der Waals surface area contributed by atoms with Gasteiger partial charge in [-0.15, -0.1) is 21.5 Å². The van der Waals surface area contributed by atoms with Crippen LogP contribution in [0.2, 0.25) is 0 Å². The minimum absolute atomic E-state index is 0.0934. The molecule has 0 fully saturated rings. The molecule has 0 radical (unpaired) electrons. The number of rotatable bonds is 4. The van der Waals surface area contributed by atoms with Crippen LogP contribution in [0.3, 0.4) is 0 Å². The van der Waals surface area contributed by atoms with Gasteiger partial charge in [0.2, 0.25) is 5.78 Å². The first kappa shape index (κ1) is 19.0.